The van der Waals surface area contributed by atoms with E-state index in [0.29, 0.717) is 5.92 Å². The van der Waals surface area contributed by atoms with Gasteiger partial charge in [-0.3, -0.25) is 9.69 Å². The molecule has 1 aliphatic heterocycles. The van der Waals surface area contributed by atoms with Crippen LogP contribution in [0.25, 0.3) is 0 Å². The molecule has 4 nitrogen and oxygen atoms in total. The van der Waals surface area contributed by atoms with E-state index in [-0.39, 0.29) is 5.91 Å². The van der Waals surface area contributed by atoms with Crippen LogP contribution in [-0.4, -0.2) is 55.0 Å². The summed E-state index contributed by atoms with van der Waals surface area (Å²) in [6, 6.07) is 8.04. The molecule has 1 saturated heterocycles. The zero-order valence-corrected chi connectivity index (χ0v) is 13.2. The SMILES string of the molecule is CC(C)c1ccc(C(=O)N2CCN(CCCN)CC2)cc1. The molecule has 116 valence electrons. The van der Waals surface area contributed by atoms with Crippen LogP contribution in [0.15, 0.2) is 24.3 Å². The third-order valence-corrected chi connectivity index (χ3v) is 4.16. The van der Waals surface area contributed by atoms with Gasteiger partial charge >= 0.3 is 0 Å². The fourth-order valence-electron chi connectivity index (χ4n) is 2.68. The minimum atomic E-state index is 0.156. The Bertz CT molecular complexity index is 448. The maximum atomic E-state index is 12.5. The summed E-state index contributed by atoms with van der Waals surface area (Å²) in [5, 5.41) is 0. The molecule has 0 spiro atoms. The number of amides is 1. The number of piperazine rings is 1. The fraction of sp³-hybridized carbons (Fsp3) is 0.588. The quantitative estimate of drug-likeness (QED) is 0.901. The van der Waals surface area contributed by atoms with Gasteiger partial charge in [-0.2, -0.15) is 0 Å². The maximum absolute atomic E-state index is 12.5. The highest BCUT2D eigenvalue weighted by atomic mass is 16.2. The minimum absolute atomic E-state index is 0.156. The van der Waals surface area contributed by atoms with Gasteiger partial charge in [0.1, 0.15) is 0 Å². The van der Waals surface area contributed by atoms with Crippen LogP contribution in [0.2, 0.25) is 0 Å². The van der Waals surface area contributed by atoms with Crippen LogP contribution in [0.1, 0.15) is 42.1 Å². The summed E-state index contributed by atoms with van der Waals surface area (Å²) in [6.07, 6.45) is 1.03. The van der Waals surface area contributed by atoms with Gasteiger partial charge in [-0.1, -0.05) is 26.0 Å². The van der Waals surface area contributed by atoms with Crippen molar-refractivity contribution in [2.75, 3.05) is 39.3 Å². The molecule has 1 fully saturated rings. The molecule has 0 aliphatic carbocycles. The Hall–Kier alpha value is -1.39. The second-order valence-electron chi connectivity index (χ2n) is 6.05. The van der Waals surface area contributed by atoms with Crippen LogP contribution < -0.4 is 5.73 Å². The topological polar surface area (TPSA) is 49.6 Å². The van der Waals surface area contributed by atoms with Gasteiger partial charge in [-0.25, -0.2) is 0 Å². The number of benzene rings is 1. The predicted octanol–water partition coefficient (Wildman–Crippen LogP) is 1.92. The zero-order valence-electron chi connectivity index (χ0n) is 13.2. The van der Waals surface area contributed by atoms with E-state index in [2.05, 4.69) is 30.9 Å². The molecule has 1 amide bonds. The lowest BCUT2D eigenvalue weighted by Gasteiger charge is -2.34. The Kier molecular flexibility index (Phi) is 5.76. The first-order valence-electron chi connectivity index (χ1n) is 7.93. The summed E-state index contributed by atoms with van der Waals surface area (Å²) < 4.78 is 0. The molecule has 21 heavy (non-hydrogen) atoms. The van der Waals surface area contributed by atoms with E-state index in [4.69, 9.17) is 5.73 Å². The minimum Gasteiger partial charge on any atom is -0.336 e. The molecule has 2 rings (SSSR count). The highest BCUT2D eigenvalue weighted by Gasteiger charge is 2.21. The standard InChI is InChI=1S/C17H27N3O/c1-14(2)15-4-6-16(7-5-15)17(21)20-12-10-19(11-13-20)9-3-8-18/h4-7,14H,3,8-13,18H2,1-2H3. The first-order chi connectivity index (χ1) is 10.1. The van der Waals surface area contributed by atoms with E-state index < -0.39 is 0 Å². The molecular weight excluding hydrogens is 262 g/mol. The second kappa shape index (κ2) is 7.57. The molecule has 0 saturated carbocycles. The first-order valence-corrected chi connectivity index (χ1v) is 7.93. The lowest BCUT2D eigenvalue weighted by Crippen LogP contribution is -2.49. The van der Waals surface area contributed by atoms with Crippen molar-refractivity contribution in [1.29, 1.82) is 0 Å². The number of carbonyl (C=O) groups excluding carboxylic acids is 1. The van der Waals surface area contributed by atoms with Crippen LogP contribution in [0, 0.1) is 0 Å². The number of hydrogen-bond donors (Lipinski definition) is 1. The molecule has 1 aliphatic rings. The van der Waals surface area contributed by atoms with Crippen molar-refractivity contribution in [2.45, 2.75) is 26.2 Å². The number of nitrogens with zero attached hydrogens (tertiary/aromatic N) is 2. The highest BCUT2D eigenvalue weighted by Crippen LogP contribution is 2.16. The van der Waals surface area contributed by atoms with Crippen LogP contribution >= 0.6 is 0 Å². The average molecular weight is 289 g/mol. The predicted molar refractivity (Wildman–Crippen MR) is 86.5 cm³/mol. The molecule has 1 heterocycles. The van der Waals surface area contributed by atoms with Gasteiger partial charge in [0.25, 0.3) is 5.91 Å². The van der Waals surface area contributed by atoms with E-state index >= 15 is 0 Å². The Morgan fingerprint density at radius 1 is 1.14 bits per heavy atom. The Balaban J connectivity index is 1.89. The molecule has 1 aromatic rings. The highest BCUT2D eigenvalue weighted by molar-refractivity contribution is 5.94. The fourth-order valence-corrected chi connectivity index (χ4v) is 2.68. The summed E-state index contributed by atoms with van der Waals surface area (Å²) in [7, 11) is 0. The van der Waals surface area contributed by atoms with Crippen molar-refractivity contribution in [3.8, 4) is 0 Å². The lowest BCUT2D eigenvalue weighted by atomic mass is 10.0. The zero-order chi connectivity index (χ0) is 15.2. The molecule has 1 aromatic carbocycles. The second-order valence-corrected chi connectivity index (χ2v) is 6.05. The number of rotatable bonds is 5. The van der Waals surface area contributed by atoms with E-state index in [1.165, 1.54) is 5.56 Å². The van der Waals surface area contributed by atoms with Crippen molar-refractivity contribution < 1.29 is 4.79 Å². The molecule has 0 bridgehead atoms. The van der Waals surface area contributed by atoms with Crippen molar-refractivity contribution in [1.82, 2.24) is 9.80 Å². The van der Waals surface area contributed by atoms with Crippen molar-refractivity contribution in [3.63, 3.8) is 0 Å². The van der Waals surface area contributed by atoms with Gasteiger partial charge in [-0.05, 0) is 43.1 Å². The van der Waals surface area contributed by atoms with Gasteiger partial charge in [0, 0.05) is 31.7 Å². The smallest absolute Gasteiger partial charge is 0.253 e. The third kappa shape index (κ3) is 4.29. The Morgan fingerprint density at radius 2 is 1.76 bits per heavy atom. The van der Waals surface area contributed by atoms with Crippen LogP contribution in [0.5, 0.6) is 0 Å². The average Bonchev–Trinajstić information content (AvgIpc) is 2.53. The van der Waals surface area contributed by atoms with Gasteiger partial charge in [0.05, 0.1) is 0 Å². The summed E-state index contributed by atoms with van der Waals surface area (Å²) in [5.74, 6) is 0.657. The Labute approximate surface area is 127 Å². The van der Waals surface area contributed by atoms with Crippen LogP contribution in [0.3, 0.4) is 0 Å². The van der Waals surface area contributed by atoms with E-state index in [9.17, 15) is 4.79 Å². The molecular formula is C17H27N3O. The van der Waals surface area contributed by atoms with Gasteiger partial charge < -0.3 is 10.6 Å². The Morgan fingerprint density at radius 3 is 2.29 bits per heavy atom. The van der Waals surface area contributed by atoms with E-state index in [1.807, 2.05) is 17.0 Å². The van der Waals surface area contributed by atoms with Crippen LogP contribution in [-0.2, 0) is 0 Å². The van der Waals surface area contributed by atoms with Gasteiger partial charge in [0.15, 0.2) is 0 Å². The van der Waals surface area contributed by atoms with E-state index in [1.54, 1.807) is 0 Å². The molecule has 4 heteroatoms. The summed E-state index contributed by atoms with van der Waals surface area (Å²) in [5.41, 5.74) is 7.62. The number of hydrogen-bond acceptors (Lipinski definition) is 3. The maximum Gasteiger partial charge on any atom is 0.253 e. The molecule has 0 radical (unpaired) electrons. The number of carbonyl (C=O) groups is 1. The summed E-state index contributed by atoms with van der Waals surface area (Å²) >= 11 is 0. The largest absolute Gasteiger partial charge is 0.336 e. The summed E-state index contributed by atoms with van der Waals surface area (Å²) in [4.78, 5) is 16.8. The van der Waals surface area contributed by atoms with Crippen LogP contribution in [0.4, 0.5) is 0 Å². The number of nitrogens with two attached hydrogens (primary N) is 1. The molecule has 0 atom stereocenters. The van der Waals surface area contributed by atoms with Crippen molar-refractivity contribution in [2.24, 2.45) is 5.73 Å². The van der Waals surface area contributed by atoms with Crippen molar-refractivity contribution in [3.05, 3.63) is 35.4 Å². The monoisotopic (exact) mass is 289 g/mol. The van der Waals surface area contributed by atoms with Gasteiger partial charge in [0.2, 0.25) is 0 Å². The van der Waals surface area contributed by atoms with Gasteiger partial charge in [-0.15, -0.1) is 0 Å². The molecule has 2 N–H and O–H groups in total. The first kappa shape index (κ1) is 16.0. The lowest BCUT2D eigenvalue weighted by molar-refractivity contribution is 0.0636. The third-order valence-electron chi connectivity index (χ3n) is 4.16. The molecule has 0 unspecified atom stereocenters. The summed E-state index contributed by atoms with van der Waals surface area (Å²) in [6.45, 7) is 9.65. The molecule has 0 aromatic heterocycles. The normalized spacial score (nSPS) is 16.5. The van der Waals surface area contributed by atoms with E-state index in [0.717, 1.165) is 51.3 Å². The van der Waals surface area contributed by atoms with Crippen molar-refractivity contribution >= 4 is 5.91 Å².